The highest BCUT2D eigenvalue weighted by Gasteiger charge is 2.16. The maximum absolute atomic E-state index is 14.3. The highest BCUT2D eigenvalue weighted by Crippen LogP contribution is 2.28. The molecule has 0 bridgehead atoms. The third-order valence-corrected chi connectivity index (χ3v) is 10.4. The van der Waals surface area contributed by atoms with Crippen LogP contribution in [0.25, 0.3) is 0 Å². The van der Waals surface area contributed by atoms with Gasteiger partial charge in [0, 0.05) is 87.2 Å². The zero-order valence-corrected chi connectivity index (χ0v) is 37.0. The normalized spacial score (nSPS) is 14.1. The molecule has 2 amide bonds. The van der Waals surface area contributed by atoms with Crippen molar-refractivity contribution in [1.29, 1.82) is 0 Å². The van der Waals surface area contributed by atoms with Gasteiger partial charge >= 0.3 is 0 Å². The van der Waals surface area contributed by atoms with Crippen molar-refractivity contribution in [2.75, 3.05) is 80.8 Å². The van der Waals surface area contributed by atoms with Gasteiger partial charge in [-0.15, -0.1) is 0 Å². The van der Waals surface area contributed by atoms with Gasteiger partial charge in [-0.1, -0.05) is 49.6 Å². The van der Waals surface area contributed by atoms with E-state index in [0.717, 1.165) is 101 Å². The summed E-state index contributed by atoms with van der Waals surface area (Å²) >= 11 is 0. The van der Waals surface area contributed by atoms with E-state index < -0.39 is 11.6 Å². The molecule has 2 fully saturated rings. The van der Waals surface area contributed by atoms with E-state index in [0.29, 0.717) is 22.9 Å². The van der Waals surface area contributed by atoms with Crippen LogP contribution < -0.4 is 30.7 Å². The van der Waals surface area contributed by atoms with Gasteiger partial charge in [-0.3, -0.25) is 19.4 Å². The van der Waals surface area contributed by atoms with Gasteiger partial charge in [0.15, 0.2) is 0 Å². The van der Waals surface area contributed by atoms with Crippen LogP contribution in [0.4, 0.5) is 43.4 Å². The fraction of sp³-hybridized carbons (Fsp3) is 0.224. The molecule has 67 heavy (non-hydrogen) atoms. The van der Waals surface area contributed by atoms with Crippen molar-refractivity contribution in [2.45, 2.75) is 13.1 Å². The molecule has 2 aliphatic heterocycles. The molecule has 16 nitrogen and oxygen atoms in total. The summed E-state index contributed by atoms with van der Waals surface area (Å²) in [5.41, 5.74) is 4.95. The summed E-state index contributed by atoms with van der Waals surface area (Å²) in [6, 6.07) is 29.0. The summed E-state index contributed by atoms with van der Waals surface area (Å²) in [5.74, 6) is -1.54. The Kier molecular flexibility index (Phi) is 16.6. The zero-order chi connectivity index (χ0) is 47.0. The number of hydrogen-bond donors (Lipinski definition) is 4. The number of nitrogens with one attached hydrogen (secondary N) is 4. The number of anilines is 6. The van der Waals surface area contributed by atoms with Crippen LogP contribution in [-0.4, -0.2) is 106 Å². The Labute approximate surface area is 387 Å². The van der Waals surface area contributed by atoms with Crippen molar-refractivity contribution in [1.82, 2.24) is 34.6 Å². The van der Waals surface area contributed by atoms with E-state index in [9.17, 15) is 18.4 Å². The molecule has 4 heterocycles. The van der Waals surface area contributed by atoms with E-state index in [1.165, 1.54) is 11.1 Å². The summed E-state index contributed by atoms with van der Waals surface area (Å²) in [6.45, 7) is 16.3. The molecule has 0 spiro atoms. The van der Waals surface area contributed by atoms with Crippen LogP contribution in [0.2, 0.25) is 0 Å². The number of carbonyl (C=O) groups excluding carboxylic acids is 2. The molecule has 18 heteroatoms. The van der Waals surface area contributed by atoms with Gasteiger partial charge in [0.05, 0.1) is 25.6 Å². The maximum Gasteiger partial charge on any atom is 0.260 e. The quantitative estimate of drug-likeness (QED) is 0.0686. The molecule has 0 saturated carbocycles. The molecule has 2 aromatic heterocycles. The van der Waals surface area contributed by atoms with Crippen LogP contribution in [0.1, 0.15) is 11.1 Å². The van der Waals surface area contributed by atoms with E-state index in [1.807, 2.05) is 36.4 Å². The maximum atomic E-state index is 14.3. The fourth-order valence-electron chi connectivity index (χ4n) is 6.78. The average molecular weight is 912 g/mol. The number of likely N-dealkylation sites (N-methyl/N-ethyl adjacent to an activating group) is 1. The molecule has 2 saturated heterocycles. The van der Waals surface area contributed by atoms with E-state index in [1.54, 1.807) is 48.5 Å². The lowest BCUT2D eigenvalue weighted by molar-refractivity contribution is -0.112. The van der Waals surface area contributed by atoms with Gasteiger partial charge in [0.25, 0.3) is 11.8 Å². The van der Waals surface area contributed by atoms with Crippen molar-refractivity contribution < 1.29 is 32.6 Å². The number of rotatable bonds is 16. The molecule has 0 radical (unpaired) electrons. The highest BCUT2D eigenvalue weighted by atomic mass is 19.1. The number of morpholine rings is 1. The number of benzene rings is 4. The monoisotopic (exact) mass is 911 g/mol. The first-order chi connectivity index (χ1) is 32.6. The number of piperazine rings is 1. The second-order valence-corrected chi connectivity index (χ2v) is 15.5. The second kappa shape index (κ2) is 23.5. The van der Waals surface area contributed by atoms with Gasteiger partial charge in [0.1, 0.15) is 11.5 Å². The smallest absolute Gasteiger partial charge is 0.260 e. The van der Waals surface area contributed by atoms with Gasteiger partial charge in [-0.25, -0.2) is 9.97 Å². The largest absolute Gasteiger partial charge is 0.436 e. The fourth-order valence-corrected chi connectivity index (χ4v) is 6.78. The number of aromatic nitrogens is 4. The first-order valence-electron chi connectivity index (χ1n) is 21.5. The average Bonchev–Trinajstić information content (AvgIpc) is 3.34. The van der Waals surface area contributed by atoms with Crippen LogP contribution in [0, 0.1) is 11.6 Å². The SMILES string of the molecule is C=CC(=O)Nc1cccc(Oc2nc(Nc3ccc(CN4CCN(C)CC4)cc3)ncc2F)c1.C=CC(=O)Nc1cccc(Oc2nc(Nc3ccc(CN4CCOCC4)cc3)ncc2F)c1. The Morgan fingerprint density at radius 3 is 1.49 bits per heavy atom. The summed E-state index contributed by atoms with van der Waals surface area (Å²) in [6.07, 6.45) is 4.41. The van der Waals surface area contributed by atoms with E-state index in [4.69, 9.17) is 14.2 Å². The van der Waals surface area contributed by atoms with Crippen LogP contribution in [0.5, 0.6) is 23.3 Å². The lowest BCUT2D eigenvalue weighted by atomic mass is 10.2. The van der Waals surface area contributed by atoms with Gasteiger partial charge < -0.3 is 40.4 Å². The Balaban J connectivity index is 0.000000199. The first kappa shape index (κ1) is 47.3. The zero-order valence-electron chi connectivity index (χ0n) is 37.0. The Morgan fingerprint density at radius 1 is 0.627 bits per heavy atom. The lowest BCUT2D eigenvalue weighted by Gasteiger charge is -2.32. The number of ether oxygens (including phenoxy) is 3. The van der Waals surface area contributed by atoms with Gasteiger partial charge in [-0.05, 0) is 78.9 Å². The van der Waals surface area contributed by atoms with Crippen molar-refractivity contribution in [2.24, 2.45) is 0 Å². The van der Waals surface area contributed by atoms with Crippen molar-refractivity contribution in [3.05, 3.63) is 158 Å². The van der Waals surface area contributed by atoms with Crippen LogP contribution >= 0.6 is 0 Å². The van der Waals surface area contributed by atoms with Crippen LogP contribution in [-0.2, 0) is 27.4 Å². The minimum absolute atomic E-state index is 0.198. The van der Waals surface area contributed by atoms with Crippen molar-refractivity contribution in [3.8, 4) is 23.3 Å². The third kappa shape index (κ3) is 14.7. The summed E-state index contributed by atoms with van der Waals surface area (Å²) < 4.78 is 45.1. The summed E-state index contributed by atoms with van der Waals surface area (Å²) in [4.78, 5) is 46.4. The molecular weight excluding hydrogens is 861 g/mol. The standard InChI is InChI=1S/C25H27FN6O2.C24H24FN5O3/c1-3-23(33)28-20-5-4-6-21(15-20)34-24-22(26)16-27-25(30-24)29-19-9-7-18(8-10-19)17-32-13-11-31(2)12-14-32;1-2-22(31)27-19-4-3-5-20(14-19)33-23-21(25)15-26-24(29-23)28-18-8-6-17(7-9-18)16-30-10-12-32-13-11-30/h3-10,15-16H,1,11-14,17H2,2H3,(H,28,33)(H,27,29,30);2-9,14-15H,1,10-13,16H2,(H,27,31)(H,26,28,29). The molecule has 346 valence electrons. The number of nitrogens with zero attached hydrogens (tertiary/aromatic N) is 7. The van der Waals surface area contributed by atoms with E-state index in [-0.39, 0.29) is 35.5 Å². The number of halogens is 2. The van der Waals surface area contributed by atoms with E-state index >= 15 is 0 Å². The molecule has 0 unspecified atom stereocenters. The van der Waals surface area contributed by atoms with Crippen LogP contribution in [0.3, 0.4) is 0 Å². The predicted octanol–water partition coefficient (Wildman–Crippen LogP) is 8.13. The van der Waals surface area contributed by atoms with Gasteiger partial charge in [0.2, 0.25) is 35.3 Å². The van der Waals surface area contributed by atoms with Crippen molar-refractivity contribution >= 4 is 46.5 Å². The second-order valence-electron chi connectivity index (χ2n) is 15.5. The molecule has 6 aromatic rings. The summed E-state index contributed by atoms with van der Waals surface area (Å²) in [7, 11) is 2.15. The Hall–Kier alpha value is -7.64. The molecule has 2 aliphatic rings. The Morgan fingerprint density at radius 2 is 1.06 bits per heavy atom. The minimum Gasteiger partial charge on any atom is -0.436 e. The molecule has 0 atom stereocenters. The summed E-state index contributed by atoms with van der Waals surface area (Å²) in [5, 5.41) is 11.4. The predicted molar refractivity (Wildman–Crippen MR) is 253 cm³/mol. The molecule has 4 N–H and O–H groups in total. The van der Waals surface area contributed by atoms with Gasteiger partial charge in [-0.2, -0.15) is 18.7 Å². The number of amides is 2. The minimum atomic E-state index is -0.707. The first-order valence-corrected chi connectivity index (χ1v) is 21.5. The Bertz CT molecular complexity index is 2620. The lowest BCUT2D eigenvalue weighted by Crippen LogP contribution is -2.43. The molecular formula is C49H51F2N11O5. The molecule has 4 aromatic carbocycles. The van der Waals surface area contributed by atoms with E-state index in [2.05, 4.69) is 88.2 Å². The molecule has 0 aliphatic carbocycles. The topological polar surface area (TPSA) is 171 Å². The van der Waals surface area contributed by atoms with Crippen LogP contribution in [0.15, 0.2) is 135 Å². The third-order valence-electron chi connectivity index (χ3n) is 10.4. The number of hydrogen-bond acceptors (Lipinski definition) is 14. The highest BCUT2D eigenvalue weighted by molar-refractivity contribution is 5.99. The number of carbonyl (C=O) groups is 2. The molecule has 8 rings (SSSR count). The van der Waals surface area contributed by atoms with Crippen molar-refractivity contribution in [3.63, 3.8) is 0 Å².